The van der Waals surface area contributed by atoms with E-state index in [4.69, 9.17) is 11.1 Å². The first kappa shape index (κ1) is 17.0. The van der Waals surface area contributed by atoms with E-state index in [2.05, 4.69) is 0 Å². The smallest absolute Gasteiger partial charge is 0.387 e. The molecule has 1 unspecified atom stereocenters. The number of hydrogen-bond donors (Lipinski definition) is 2. The predicted molar refractivity (Wildman–Crippen MR) is 60.4 cm³/mol. The van der Waals surface area contributed by atoms with Crippen LogP contribution in [0.15, 0.2) is 0 Å². The van der Waals surface area contributed by atoms with Gasteiger partial charge < -0.3 is 5.73 Å². The molecular weight excluding hydrogens is 290 g/mol. The lowest BCUT2D eigenvalue weighted by atomic mass is 10.1. The van der Waals surface area contributed by atoms with Crippen LogP contribution in [-0.2, 0) is 0 Å². The minimum Gasteiger partial charge on any atom is -0.387 e. The van der Waals surface area contributed by atoms with E-state index in [1.54, 1.807) is 0 Å². The minimum absolute atomic E-state index is 0.0436. The number of halogens is 6. The van der Waals surface area contributed by atoms with Gasteiger partial charge in [0, 0.05) is 32.7 Å². The molecule has 0 aromatic carbocycles. The molecule has 1 heterocycles. The van der Waals surface area contributed by atoms with Gasteiger partial charge >= 0.3 is 12.4 Å². The molecule has 1 rings (SSSR count). The summed E-state index contributed by atoms with van der Waals surface area (Å²) in [5.41, 5.74) is 4.93. The van der Waals surface area contributed by atoms with Gasteiger partial charge in [-0.3, -0.25) is 15.2 Å². The summed E-state index contributed by atoms with van der Waals surface area (Å²) in [7, 11) is 0. The molecule has 0 bridgehead atoms. The number of nitrogens with one attached hydrogen (secondary N) is 1. The molecule has 0 saturated carbocycles. The summed E-state index contributed by atoms with van der Waals surface area (Å²) in [6.07, 6.45) is -8.93. The molecule has 1 fully saturated rings. The lowest BCUT2D eigenvalue weighted by molar-refractivity contribution is -0.163. The van der Waals surface area contributed by atoms with Gasteiger partial charge in [0.25, 0.3) is 0 Å². The van der Waals surface area contributed by atoms with Crippen LogP contribution in [0, 0.1) is 11.3 Å². The lowest BCUT2D eigenvalue weighted by Crippen LogP contribution is -2.52. The Balaban J connectivity index is 2.47. The van der Waals surface area contributed by atoms with Crippen molar-refractivity contribution < 1.29 is 26.3 Å². The van der Waals surface area contributed by atoms with Crippen molar-refractivity contribution in [2.45, 2.75) is 12.4 Å². The first-order valence-electron chi connectivity index (χ1n) is 5.91. The van der Waals surface area contributed by atoms with Crippen molar-refractivity contribution in [1.29, 1.82) is 5.41 Å². The van der Waals surface area contributed by atoms with Crippen LogP contribution in [0.5, 0.6) is 0 Å². The Morgan fingerprint density at radius 2 is 1.45 bits per heavy atom. The molecule has 0 aromatic heterocycles. The van der Waals surface area contributed by atoms with Crippen molar-refractivity contribution in [2.75, 3.05) is 39.3 Å². The molecule has 0 spiro atoms. The molecule has 20 heavy (non-hydrogen) atoms. The molecule has 118 valence electrons. The Morgan fingerprint density at radius 1 is 1.00 bits per heavy atom. The fraction of sp³-hybridized carbons (Fsp3) is 0.900. The highest BCUT2D eigenvalue weighted by molar-refractivity contribution is 5.80. The van der Waals surface area contributed by atoms with Crippen molar-refractivity contribution in [1.82, 2.24) is 9.80 Å². The van der Waals surface area contributed by atoms with E-state index in [0.717, 1.165) is 4.90 Å². The van der Waals surface area contributed by atoms with E-state index in [1.807, 2.05) is 0 Å². The number of rotatable bonds is 4. The summed E-state index contributed by atoms with van der Waals surface area (Å²) >= 11 is 0. The number of nitrogens with zero attached hydrogens (tertiary/aromatic N) is 2. The highest BCUT2D eigenvalue weighted by Crippen LogP contribution is 2.27. The zero-order valence-electron chi connectivity index (χ0n) is 10.6. The van der Waals surface area contributed by atoms with Gasteiger partial charge in [0.15, 0.2) is 0 Å². The minimum atomic E-state index is -4.62. The Morgan fingerprint density at radius 3 is 1.80 bits per heavy atom. The normalized spacial score (nSPS) is 20.9. The van der Waals surface area contributed by atoms with Crippen molar-refractivity contribution in [3.05, 3.63) is 0 Å². The summed E-state index contributed by atoms with van der Waals surface area (Å²) in [4.78, 5) is 2.53. The highest BCUT2D eigenvalue weighted by atomic mass is 19.4. The molecule has 4 nitrogen and oxygen atoms in total. The standard InChI is InChI=1S/C10H16F6N4/c11-9(12,13)6-20-3-1-19(2-4-20)5-7(8(17)18)10(14,15)16/h7H,1-6H2,(H3,17,18). The maximum Gasteiger partial charge on any atom is 0.401 e. The van der Waals surface area contributed by atoms with Gasteiger partial charge in [0.2, 0.25) is 0 Å². The Hall–Kier alpha value is -1.03. The molecular formula is C10H16F6N4. The average molecular weight is 306 g/mol. The van der Waals surface area contributed by atoms with Crippen LogP contribution in [0.25, 0.3) is 0 Å². The number of alkyl halides is 6. The van der Waals surface area contributed by atoms with E-state index in [0.29, 0.717) is 0 Å². The number of piperazine rings is 1. The van der Waals surface area contributed by atoms with Gasteiger partial charge in [0.05, 0.1) is 6.54 Å². The largest absolute Gasteiger partial charge is 0.401 e. The molecule has 0 radical (unpaired) electrons. The second-order valence-electron chi connectivity index (χ2n) is 4.74. The van der Waals surface area contributed by atoms with Crippen LogP contribution in [-0.4, -0.2) is 67.3 Å². The molecule has 3 N–H and O–H groups in total. The molecule has 1 atom stereocenters. The molecule has 1 aliphatic rings. The average Bonchev–Trinajstić information content (AvgIpc) is 2.23. The van der Waals surface area contributed by atoms with Crippen LogP contribution in [0.2, 0.25) is 0 Å². The Bertz CT molecular complexity index is 332. The van der Waals surface area contributed by atoms with Gasteiger partial charge in [-0.15, -0.1) is 0 Å². The molecule has 1 saturated heterocycles. The third-order valence-corrected chi connectivity index (χ3v) is 3.08. The molecule has 0 amide bonds. The van der Waals surface area contributed by atoms with Crippen molar-refractivity contribution in [3.63, 3.8) is 0 Å². The van der Waals surface area contributed by atoms with Gasteiger partial charge in [0.1, 0.15) is 11.8 Å². The second-order valence-corrected chi connectivity index (χ2v) is 4.74. The van der Waals surface area contributed by atoms with Crippen LogP contribution < -0.4 is 5.73 Å². The summed E-state index contributed by atoms with van der Waals surface area (Å²) < 4.78 is 74.3. The van der Waals surface area contributed by atoms with Crippen LogP contribution in [0.4, 0.5) is 26.3 Å². The first-order chi connectivity index (χ1) is 8.99. The van der Waals surface area contributed by atoms with Crippen molar-refractivity contribution in [3.8, 4) is 0 Å². The van der Waals surface area contributed by atoms with E-state index >= 15 is 0 Å². The SMILES string of the molecule is N=C(N)C(CN1CCN(CC(F)(F)F)CC1)C(F)(F)F. The van der Waals surface area contributed by atoms with Crippen LogP contribution in [0.1, 0.15) is 0 Å². The maximum atomic E-state index is 12.6. The van der Waals surface area contributed by atoms with Gasteiger partial charge in [-0.1, -0.05) is 0 Å². The van der Waals surface area contributed by atoms with Gasteiger partial charge in [-0.25, -0.2) is 0 Å². The number of amidine groups is 1. The third kappa shape index (κ3) is 5.53. The number of hydrogen-bond acceptors (Lipinski definition) is 3. The number of nitrogens with two attached hydrogens (primary N) is 1. The zero-order valence-corrected chi connectivity index (χ0v) is 10.6. The fourth-order valence-corrected chi connectivity index (χ4v) is 2.02. The monoisotopic (exact) mass is 306 g/mol. The molecule has 1 aliphatic heterocycles. The van der Waals surface area contributed by atoms with Crippen molar-refractivity contribution in [2.24, 2.45) is 11.7 Å². The second kappa shape index (κ2) is 6.17. The zero-order chi connectivity index (χ0) is 15.6. The molecule has 0 aliphatic carbocycles. The van der Waals surface area contributed by atoms with Crippen molar-refractivity contribution >= 4 is 5.84 Å². The van der Waals surface area contributed by atoms with E-state index in [9.17, 15) is 26.3 Å². The predicted octanol–water partition coefficient (Wildman–Crippen LogP) is 1.28. The third-order valence-electron chi connectivity index (χ3n) is 3.08. The fourth-order valence-electron chi connectivity index (χ4n) is 2.02. The maximum absolute atomic E-state index is 12.6. The van der Waals surface area contributed by atoms with Gasteiger partial charge in [-0.2, -0.15) is 26.3 Å². The molecule has 0 aromatic rings. The summed E-state index contributed by atoms with van der Waals surface area (Å²) in [6, 6.07) is 0. The molecule has 10 heteroatoms. The topological polar surface area (TPSA) is 56.4 Å². The highest BCUT2D eigenvalue weighted by Gasteiger charge is 2.43. The Kier molecular flexibility index (Phi) is 5.25. The summed E-state index contributed by atoms with van der Waals surface area (Å²) in [6.45, 7) is -1.27. The lowest BCUT2D eigenvalue weighted by Gasteiger charge is -2.36. The quantitative estimate of drug-likeness (QED) is 0.467. The van der Waals surface area contributed by atoms with E-state index in [1.165, 1.54) is 4.90 Å². The Labute approximate surface area is 112 Å². The summed E-state index contributed by atoms with van der Waals surface area (Å²) in [5.74, 6) is -3.05. The van der Waals surface area contributed by atoms with E-state index < -0.39 is 37.2 Å². The van der Waals surface area contributed by atoms with Gasteiger partial charge in [-0.05, 0) is 0 Å². The van der Waals surface area contributed by atoms with Crippen LogP contribution in [0.3, 0.4) is 0 Å². The first-order valence-corrected chi connectivity index (χ1v) is 5.91. The summed E-state index contributed by atoms with van der Waals surface area (Å²) in [5, 5.41) is 6.96. The van der Waals surface area contributed by atoms with E-state index in [-0.39, 0.29) is 26.2 Å². The van der Waals surface area contributed by atoms with Crippen LogP contribution >= 0.6 is 0 Å².